The van der Waals surface area contributed by atoms with Crippen molar-refractivity contribution in [1.82, 2.24) is 9.97 Å². The van der Waals surface area contributed by atoms with Gasteiger partial charge in [-0.2, -0.15) is 0 Å². The molecule has 0 spiro atoms. The molecule has 1 heterocycles. The fraction of sp³-hybridized carbons (Fsp3) is 0.167. The molecule has 1 N–H and O–H groups in total. The number of benzene rings is 1. The first-order valence-corrected chi connectivity index (χ1v) is 5.23. The molecule has 1 aromatic carbocycles. The monoisotopic (exact) mass is 270 g/mol. The molecule has 0 aliphatic heterocycles. The zero-order valence-electron chi connectivity index (χ0n) is 9.77. The van der Waals surface area contributed by atoms with Gasteiger partial charge in [0, 0.05) is 18.0 Å². The predicted octanol–water partition coefficient (Wildman–Crippen LogP) is 3.06. The van der Waals surface area contributed by atoms with E-state index in [0.717, 1.165) is 12.1 Å². The number of ether oxygens (including phenoxy) is 1. The van der Waals surface area contributed by atoms with E-state index in [0.29, 0.717) is 17.0 Å². The molecule has 0 atom stereocenters. The van der Waals surface area contributed by atoms with Crippen LogP contribution in [0.15, 0.2) is 30.6 Å². The van der Waals surface area contributed by atoms with Crippen LogP contribution in [0, 0.1) is 6.92 Å². The molecule has 0 aliphatic rings. The topological polar surface area (TPSA) is 55.2 Å². The smallest absolute Gasteiger partial charge is 0.504 e. The van der Waals surface area contributed by atoms with Gasteiger partial charge in [0.1, 0.15) is 0 Å². The SMILES string of the molecule is Cc1nccnc1-c1ccc(O)c(OC(F)(F)F)c1. The summed E-state index contributed by atoms with van der Waals surface area (Å²) in [6.07, 6.45) is -1.96. The first-order chi connectivity index (χ1) is 8.87. The van der Waals surface area contributed by atoms with E-state index in [2.05, 4.69) is 14.7 Å². The van der Waals surface area contributed by atoms with Gasteiger partial charge in [-0.05, 0) is 25.1 Å². The summed E-state index contributed by atoms with van der Waals surface area (Å²) in [6.45, 7) is 1.68. The van der Waals surface area contributed by atoms with Crippen molar-refractivity contribution < 1.29 is 23.0 Å². The predicted molar refractivity (Wildman–Crippen MR) is 60.6 cm³/mol. The van der Waals surface area contributed by atoms with Crippen molar-refractivity contribution in [3.05, 3.63) is 36.3 Å². The number of aromatic nitrogens is 2. The van der Waals surface area contributed by atoms with Crippen molar-refractivity contribution in [3.8, 4) is 22.8 Å². The zero-order chi connectivity index (χ0) is 14.0. The summed E-state index contributed by atoms with van der Waals surface area (Å²) in [5, 5.41) is 9.35. The van der Waals surface area contributed by atoms with Crippen LogP contribution in [0.25, 0.3) is 11.3 Å². The Kier molecular flexibility index (Phi) is 3.28. The molecule has 0 bridgehead atoms. The van der Waals surface area contributed by atoms with Crippen LogP contribution in [0.2, 0.25) is 0 Å². The third-order valence-electron chi connectivity index (χ3n) is 2.34. The lowest BCUT2D eigenvalue weighted by molar-refractivity contribution is -0.275. The van der Waals surface area contributed by atoms with Crippen LogP contribution in [0.5, 0.6) is 11.5 Å². The summed E-state index contributed by atoms with van der Waals surface area (Å²) < 4.78 is 40.3. The maximum Gasteiger partial charge on any atom is 0.573 e. The van der Waals surface area contributed by atoms with Gasteiger partial charge in [-0.25, -0.2) is 0 Å². The normalized spacial score (nSPS) is 11.4. The van der Waals surface area contributed by atoms with Crippen LogP contribution in [-0.4, -0.2) is 21.4 Å². The summed E-state index contributed by atoms with van der Waals surface area (Å²) in [6, 6.07) is 3.62. The minimum Gasteiger partial charge on any atom is -0.504 e. The van der Waals surface area contributed by atoms with E-state index in [1.54, 1.807) is 6.92 Å². The fourth-order valence-corrected chi connectivity index (χ4v) is 1.56. The van der Waals surface area contributed by atoms with Gasteiger partial charge in [-0.15, -0.1) is 13.2 Å². The van der Waals surface area contributed by atoms with Gasteiger partial charge in [-0.1, -0.05) is 0 Å². The van der Waals surface area contributed by atoms with Gasteiger partial charge in [-0.3, -0.25) is 9.97 Å². The highest BCUT2D eigenvalue weighted by molar-refractivity contribution is 5.65. The molecule has 0 saturated carbocycles. The molecule has 7 heteroatoms. The first kappa shape index (κ1) is 13.1. The minimum absolute atomic E-state index is 0.377. The number of hydrogen-bond donors (Lipinski definition) is 1. The van der Waals surface area contributed by atoms with E-state index >= 15 is 0 Å². The summed E-state index contributed by atoms with van der Waals surface area (Å²) in [5.74, 6) is -1.27. The fourth-order valence-electron chi connectivity index (χ4n) is 1.56. The summed E-state index contributed by atoms with van der Waals surface area (Å²) in [4.78, 5) is 8.03. The van der Waals surface area contributed by atoms with Crippen LogP contribution in [0.1, 0.15) is 5.69 Å². The molecule has 4 nitrogen and oxygen atoms in total. The largest absolute Gasteiger partial charge is 0.573 e. The Morgan fingerprint density at radius 2 is 1.84 bits per heavy atom. The van der Waals surface area contributed by atoms with Gasteiger partial charge in [0.15, 0.2) is 11.5 Å². The van der Waals surface area contributed by atoms with Crippen molar-refractivity contribution >= 4 is 0 Å². The van der Waals surface area contributed by atoms with Gasteiger partial charge < -0.3 is 9.84 Å². The lowest BCUT2D eigenvalue weighted by Crippen LogP contribution is -2.17. The van der Waals surface area contributed by atoms with E-state index in [-0.39, 0.29) is 0 Å². The van der Waals surface area contributed by atoms with Gasteiger partial charge in [0.05, 0.1) is 11.4 Å². The molecule has 0 radical (unpaired) electrons. The standard InChI is InChI=1S/C12H9F3N2O2/c1-7-11(17-5-4-16-7)8-2-3-9(18)10(6-8)19-12(13,14)15/h2-6,18H,1H3. The third-order valence-corrected chi connectivity index (χ3v) is 2.34. The first-order valence-electron chi connectivity index (χ1n) is 5.23. The van der Waals surface area contributed by atoms with Gasteiger partial charge in [0.25, 0.3) is 0 Å². The second-order valence-electron chi connectivity index (χ2n) is 3.72. The van der Waals surface area contributed by atoms with Crippen LogP contribution < -0.4 is 4.74 Å². The highest BCUT2D eigenvalue weighted by atomic mass is 19.4. The third kappa shape index (κ3) is 3.12. The molecule has 1 aromatic heterocycles. The lowest BCUT2D eigenvalue weighted by Gasteiger charge is -2.12. The Labute approximate surface area is 106 Å². The molecule has 2 rings (SSSR count). The minimum atomic E-state index is -4.87. The molecule has 100 valence electrons. The summed E-state index contributed by atoms with van der Waals surface area (Å²) in [7, 11) is 0. The van der Waals surface area contributed by atoms with Crippen molar-refractivity contribution in [1.29, 1.82) is 0 Å². The molecule has 2 aromatic rings. The Balaban J connectivity index is 2.44. The van der Waals surface area contributed by atoms with E-state index in [1.165, 1.54) is 18.5 Å². The average Bonchev–Trinajstić information content (AvgIpc) is 2.31. The highest BCUT2D eigenvalue weighted by Gasteiger charge is 2.32. The number of nitrogens with zero attached hydrogens (tertiary/aromatic N) is 2. The Hall–Kier alpha value is -2.31. The molecule has 0 aliphatic carbocycles. The molecular weight excluding hydrogens is 261 g/mol. The van der Waals surface area contributed by atoms with Crippen LogP contribution in [-0.2, 0) is 0 Å². The quantitative estimate of drug-likeness (QED) is 0.911. The molecule has 0 fully saturated rings. The number of aryl methyl sites for hydroxylation is 1. The lowest BCUT2D eigenvalue weighted by atomic mass is 10.1. The molecule has 0 saturated heterocycles. The van der Waals surface area contributed by atoms with Crippen molar-refractivity contribution in [2.45, 2.75) is 13.3 Å². The Morgan fingerprint density at radius 1 is 1.16 bits per heavy atom. The second kappa shape index (κ2) is 4.75. The summed E-state index contributed by atoms with van der Waals surface area (Å²) >= 11 is 0. The number of alkyl halides is 3. The van der Waals surface area contributed by atoms with Crippen molar-refractivity contribution in [3.63, 3.8) is 0 Å². The molecular formula is C12H9F3N2O2. The Morgan fingerprint density at radius 3 is 2.47 bits per heavy atom. The highest BCUT2D eigenvalue weighted by Crippen LogP contribution is 2.35. The maximum absolute atomic E-state index is 12.2. The zero-order valence-corrected chi connectivity index (χ0v) is 9.77. The van der Waals surface area contributed by atoms with Gasteiger partial charge in [0.2, 0.25) is 0 Å². The molecule has 19 heavy (non-hydrogen) atoms. The number of phenolic OH excluding ortho intramolecular Hbond substituents is 1. The van der Waals surface area contributed by atoms with Gasteiger partial charge >= 0.3 is 6.36 Å². The number of hydrogen-bond acceptors (Lipinski definition) is 4. The van der Waals surface area contributed by atoms with E-state index in [4.69, 9.17) is 0 Å². The van der Waals surface area contributed by atoms with E-state index in [9.17, 15) is 18.3 Å². The van der Waals surface area contributed by atoms with E-state index in [1.807, 2.05) is 0 Å². The Bertz CT molecular complexity index is 600. The molecule has 0 amide bonds. The number of aromatic hydroxyl groups is 1. The van der Waals surface area contributed by atoms with Crippen LogP contribution >= 0.6 is 0 Å². The van der Waals surface area contributed by atoms with E-state index < -0.39 is 17.9 Å². The summed E-state index contributed by atoms with van der Waals surface area (Å²) in [5.41, 5.74) is 1.36. The van der Waals surface area contributed by atoms with Crippen molar-refractivity contribution in [2.24, 2.45) is 0 Å². The maximum atomic E-state index is 12.2. The average molecular weight is 270 g/mol. The number of halogens is 3. The number of phenols is 1. The molecule has 0 unspecified atom stereocenters. The number of rotatable bonds is 2. The van der Waals surface area contributed by atoms with Crippen molar-refractivity contribution in [2.75, 3.05) is 0 Å². The second-order valence-corrected chi connectivity index (χ2v) is 3.72. The van der Waals surface area contributed by atoms with Crippen LogP contribution in [0.4, 0.5) is 13.2 Å². The van der Waals surface area contributed by atoms with Crippen LogP contribution in [0.3, 0.4) is 0 Å².